The van der Waals surface area contributed by atoms with Crippen molar-refractivity contribution in [2.75, 3.05) is 38.1 Å². The molecule has 2 aromatic carbocycles. The van der Waals surface area contributed by atoms with Crippen LogP contribution >= 0.6 is 0 Å². The van der Waals surface area contributed by atoms with Crippen molar-refractivity contribution in [1.82, 2.24) is 14.6 Å². The van der Waals surface area contributed by atoms with Gasteiger partial charge in [0.05, 0.1) is 32.7 Å². The largest absolute Gasteiger partial charge is 0.497 e. The Hall–Kier alpha value is -4.27. The number of nitrogens with zero attached hydrogens (tertiary/aromatic N) is 4. The summed E-state index contributed by atoms with van der Waals surface area (Å²) in [5, 5.41) is 7.74. The molecule has 4 rings (SSSR count). The number of nitrogens with one attached hydrogen (secondary N) is 1. The quantitative estimate of drug-likeness (QED) is 0.369. The summed E-state index contributed by atoms with van der Waals surface area (Å²) in [5.41, 5.74) is 2.53. The number of rotatable bonds is 9. The Balaban J connectivity index is 1.76. The normalized spacial score (nSPS) is 10.7. The molecule has 0 saturated heterocycles. The van der Waals surface area contributed by atoms with E-state index >= 15 is 0 Å². The maximum Gasteiger partial charge on any atom is 0.343 e. The Bertz CT molecular complexity index is 1290. The Kier molecular flexibility index (Phi) is 6.82. The third-order valence-electron chi connectivity index (χ3n) is 5.29. The van der Waals surface area contributed by atoms with Gasteiger partial charge < -0.3 is 24.4 Å². The van der Waals surface area contributed by atoms with Gasteiger partial charge in [0.2, 0.25) is 0 Å². The van der Waals surface area contributed by atoms with Crippen LogP contribution < -0.4 is 19.7 Å². The van der Waals surface area contributed by atoms with Gasteiger partial charge in [0, 0.05) is 19.7 Å². The number of methoxy groups -OCH3 is 2. The van der Waals surface area contributed by atoms with Crippen LogP contribution in [0.1, 0.15) is 22.8 Å². The molecule has 1 N–H and O–H groups in total. The molecular weight excluding hydrogens is 434 g/mol. The van der Waals surface area contributed by atoms with E-state index in [9.17, 15) is 4.79 Å². The second-order valence-corrected chi connectivity index (χ2v) is 7.54. The molecule has 0 amide bonds. The summed E-state index contributed by atoms with van der Waals surface area (Å²) in [4.78, 5) is 19.2. The number of ether oxygens (including phenoxy) is 3. The van der Waals surface area contributed by atoms with Crippen molar-refractivity contribution in [3.63, 3.8) is 0 Å². The molecule has 4 aromatic rings. The molecule has 0 saturated carbocycles. The number of anilines is 3. The molecule has 9 nitrogen and oxygen atoms in total. The number of hydrogen-bond donors (Lipinski definition) is 1. The zero-order valence-corrected chi connectivity index (χ0v) is 19.6. The predicted molar refractivity (Wildman–Crippen MR) is 130 cm³/mol. The van der Waals surface area contributed by atoms with Crippen LogP contribution in [0.25, 0.3) is 5.65 Å². The van der Waals surface area contributed by atoms with Crippen LogP contribution in [0.2, 0.25) is 0 Å². The van der Waals surface area contributed by atoms with Gasteiger partial charge in [-0.05, 0) is 36.8 Å². The second kappa shape index (κ2) is 10.1. The third-order valence-corrected chi connectivity index (χ3v) is 5.29. The summed E-state index contributed by atoms with van der Waals surface area (Å²) in [7, 11) is 5.21. The smallest absolute Gasteiger partial charge is 0.343 e. The van der Waals surface area contributed by atoms with E-state index in [1.807, 2.05) is 66.5 Å². The van der Waals surface area contributed by atoms with Gasteiger partial charge in [-0.3, -0.25) is 0 Å². The number of carbonyl (C=O) groups is 1. The molecule has 0 aliphatic rings. The maximum absolute atomic E-state index is 12.5. The van der Waals surface area contributed by atoms with Crippen molar-refractivity contribution in [2.24, 2.45) is 0 Å². The lowest BCUT2D eigenvalue weighted by Crippen LogP contribution is -2.20. The van der Waals surface area contributed by atoms with Gasteiger partial charge in [0.25, 0.3) is 0 Å². The molecule has 9 heteroatoms. The lowest BCUT2D eigenvalue weighted by atomic mass is 10.2. The minimum absolute atomic E-state index is 0.263. The number of benzene rings is 2. The summed E-state index contributed by atoms with van der Waals surface area (Å²) >= 11 is 0. The van der Waals surface area contributed by atoms with Crippen molar-refractivity contribution in [3.8, 4) is 11.5 Å². The van der Waals surface area contributed by atoms with E-state index in [4.69, 9.17) is 14.2 Å². The van der Waals surface area contributed by atoms with Crippen molar-refractivity contribution in [3.05, 3.63) is 71.9 Å². The van der Waals surface area contributed by atoms with Crippen LogP contribution in [0.5, 0.6) is 11.5 Å². The summed E-state index contributed by atoms with van der Waals surface area (Å²) in [5.74, 6) is 2.29. The monoisotopic (exact) mass is 461 g/mol. The highest BCUT2D eigenvalue weighted by atomic mass is 16.5. The molecule has 34 heavy (non-hydrogen) atoms. The Labute approximate surface area is 197 Å². The third kappa shape index (κ3) is 4.73. The molecule has 2 heterocycles. The van der Waals surface area contributed by atoms with Crippen molar-refractivity contribution >= 4 is 28.9 Å². The van der Waals surface area contributed by atoms with Crippen LogP contribution in [0.15, 0.2) is 60.8 Å². The molecule has 2 aromatic heterocycles. The predicted octanol–water partition coefficient (Wildman–Crippen LogP) is 4.30. The van der Waals surface area contributed by atoms with Crippen LogP contribution in [0.4, 0.5) is 17.3 Å². The Morgan fingerprint density at radius 1 is 1.09 bits per heavy atom. The first-order valence-electron chi connectivity index (χ1n) is 10.8. The summed E-state index contributed by atoms with van der Waals surface area (Å²) in [6, 6.07) is 17.3. The lowest BCUT2D eigenvalue weighted by molar-refractivity contribution is 0.0528. The topological polar surface area (TPSA) is 90.2 Å². The Morgan fingerprint density at radius 2 is 1.85 bits per heavy atom. The zero-order valence-electron chi connectivity index (χ0n) is 19.6. The first-order valence-corrected chi connectivity index (χ1v) is 10.8. The molecule has 0 atom stereocenters. The molecule has 0 aliphatic heterocycles. The van der Waals surface area contributed by atoms with Crippen LogP contribution in [-0.2, 0) is 11.3 Å². The van der Waals surface area contributed by atoms with Crippen LogP contribution in [-0.4, -0.2) is 48.4 Å². The first kappa shape index (κ1) is 22.9. The SMILES string of the molecule is CCOC(=O)c1cnn2c(N(C)Cc3ccc(OC)cc3)cc(Nc3ccccc3OC)nc12. The fraction of sp³-hybridized carbons (Fsp3) is 0.240. The van der Waals surface area contributed by atoms with Gasteiger partial charge in [-0.15, -0.1) is 0 Å². The van der Waals surface area contributed by atoms with E-state index in [2.05, 4.69) is 15.4 Å². The average Bonchev–Trinajstić information content (AvgIpc) is 3.28. The van der Waals surface area contributed by atoms with Gasteiger partial charge in [-0.2, -0.15) is 9.61 Å². The standard InChI is InChI=1S/C25H27N5O4/c1-5-34-25(31)19-15-26-30-23(29(2)16-17-10-12-18(32-3)13-11-17)14-22(28-24(19)30)27-20-8-6-7-9-21(20)33-4/h6-15H,5,16H2,1-4H3,(H,27,28). The summed E-state index contributed by atoms with van der Waals surface area (Å²) in [6.07, 6.45) is 1.48. The van der Waals surface area contributed by atoms with Crippen LogP contribution in [0.3, 0.4) is 0 Å². The fourth-order valence-electron chi connectivity index (χ4n) is 3.61. The van der Waals surface area contributed by atoms with Gasteiger partial charge in [-0.1, -0.05) is 24.3 Å². The van der Waals surface area contributed by atoms with Crippen molar-refractivity contribution in [1.29, 1.82) is 0 Å². The van der Waals surface area contributed by atoms with E-state index in [-0.39, 0.29) is 6.61 Å². The highest BCUT2D eigenvalue weighted by molar-refractivity contribution is 5.96. The number of aromatic nitrogens is 3. The first-order chi connectivity index (χ1) is 16.5. The number of hydrogen-bond acceptors (Lipinski definition) is 8. The minimum Gasteiger partial charge on any atom is -0.497 e. The molecule has 0 radical (unpaired) electrons. The number of fused-ring (bicyclic) bond motifs is 1. The Morgan fingerprint density at radius 3 is 2.56 bits per heavy atom. The molecule has 0 aliphatic carbocycles. The molecule has 0 fully saturated rings. The number of para-hydroxylation sites is 2. The highest BCUT2D eigenvalue weighted by Gasteiger charge is 2.20. The molecule has 0 unspecified atom stereocenters. The summed E-state index contributed by atoms with van der Waals surface area (Å²) in [6.45, 7) is 2.63. The van der Waals surface area contributed by atoms with Crippen molar-refractivity contribution < 1.29 is 19.0 Å². The molecular formula is C25H27N5O4. The van der Waals surface area contributed by atoms with Gasteiger partial charge in [-0.25, -0.2) is 9.78 Å². The van der Waals surface area contributed by atoms with E-state index in [0.717, 1.165) is 22.8 Å². The average molecular weight is 462 g/mol. The zero-order chi connectivity index (χ0) is 24.1. The maximum atomic E-state index is 12.5. The fourth-order valence-corrected chi connectivity index (χ4v) is 3.61. The number of esters is 1. The summed E-state index contributed by atoms with van der Waals surface area (Å²) < 4.78 is 17.6. The molecule has 176 valence electrons. The van der Waals surface area contributed by atoms with Gasteiger partial charge >= 0.3 is 5.97 Å². The van der Waals surface area contributed by atoms with Crippen molar-refractivity contribution in [2.45, 2.75) is 13.5 Å². The van der Waals surface area contributed by atoms with E-state index in [0.29, 0.717) is 29.3 Å². The van der Waals surface area contributed by atoms with E-state index in [1.165, 1.54) is 6.20 Å². The second-order valence-electron chi connectivity index (χ2n) is 7.54. The molecule has 0 bridgehead atoms. The lowest BCUT2D eigenvalue weighted by Gasteiger charge is -2.21. The van der Waals surface area contributed by atoms with E-state index < -0.39 is 5.97 Å². The van der Waals surface area contributed by atoms with Gasteiger partial charge in [0.15, 0.2) is 5.65 Å². The van der Waals surface area contributed by atoms with Crippen LogP contribution in [0, 0.1) is 0 Å². The van der Waals surface area contributed by atoms with E-state index in [1.54, 1.807) is 25.7 Å². The van der Waals surface area contributed by atoms with Gasteiger partial charge in [0.1, 0.15) is 28.7 Å². The number of carbonyl (C=O) groups excluding carboxylic acids is 1. The highest BCUT2D eigenvalue weighted by Crippen LogP contribution is 2.29. The minimum atomic E-state index is -0.469. The molecule has 0 spiro atoms.